The van der Waals surface area contributed by atoms with Crippen molar-refractivity contribution < 1.29 is 9.21 Å². The zero-order chi connectivity index (χ0) is 12.1. The Morgan fingerprint density at radius 2 is 2.22 bits per heavy atom. The van der Waals surface area contributed by atoms with Gasteiger partial charge in [-0.3, -0.25) is 4.79 Å². The fraction of sp³-hybridized carbons (Fsp3) is 0.615. The predicted octanol–water partition coefficient (Wildman–Crippen LogP) is 2.16. The summed E-state index contributed by atoms with van der Waals surface area (Å²) in [5, 5.41) is 3.18. The second-order valence-corrected chi connectivity index (χ2v) is 4.64. The van der Waals surface area contributed by atoms with Crippen LogP contribution in [0.3, 0.4) is 0 Å². The Balaban J connectivity index is 0.00000162. The molecule has 0 spiro atoms. The lowest BCUT2D eigenvalue weighted by Gasteiger charge is -2.31. The monoisotopic (exact) mass is 272 g/mol. The van der Waals surface area contributed by atoms with E-state index in [4.69, 9.17) is 4.42 Å². The normalized spacial score (nSPS) is 16.4. The van der Waals surface area contributed by atoms with Crippen LogP contribution in [0.1, 0.15) is 29.6 Å². The number of hydrogen-bond acceptors (Lipinski definition) is 3. The molecule has 0 radical (unpaired) electrons. The molecule has 0 unspecified atom stereocenters. The molecule has 1 aliphatic heterocycles. The molecular weight excluding hydrogens is 252 g/mol. The quantitative estimate of drug-likeness (QED) is 0.914. The van der Waals surface area contributed by atoms with Gasteiger partial charge in [0.2, 0.25) is 0 Å². The van der Waals surface area contributed by atoms with Crippen LogP contribution in [0, 0.1) is 5.92 Å². The first kappa shape index (κ1) is 15.1. The zero-order valence-corrected chi connectivity index (χ0v) is 11.5. The first-order valence-corrected chi connectivity index (χ1v) is 6.27. The van der Waals surface area contributed by atoms with Crippen LogP contribution in [0.4, 0.5) is 0 Å². The highest BCUT2D eigenvalue weighted by Gasteiger charge is 2.23. The van der Waals surface area contributed by atoms with Crippen molar-refractivity contribution in [3.8, 4) is 0 Å². The summed E-state index contributed by atoms with van der Waals surface area (Å²) in [6.07, 6.45) is 6.52. The van der Waals surface area contributed by atoms with Gasteiger partial charge >= 0.3 is 0 Å². The van der Waals surface area contributed by atoms with E-state index in [1.807, 2.05) is 11.9 Å². The highest BCUT2D eigenvalue weighted by Crippen LogP contribution is 2.21. The fourth-order valence-electron chi connectivity index (χ4n) is 2.34. The van der Waals surface area contributed by atoms with Crippen LogP contribution in [0.25, 0.3) is 0 Å². The number of amides is 1. The highest BCUT2D eigenvalue weighted by molar-refractivity contribution is 5.93. The molecule has 0 aliphatic carbocycles. The van der Waals surface area contributed by atoms with Gasteiger partial charge in [0.05, 0.1) is 11.8 Å². The molecule has 2 heterocycles. The minimum absolute atomic E-state index is 0. The van der Waals surface area contributed by atoms with Gasteiger partial charge in [-0.1, -0.05) is 0 Å². The summed E-state index contributed by atoms with van der Waals surface area (Å²) in [7, 11) is 1.98. The number of nitrogens with one attached hydrogen (secondary N) is 1. The molecule has 1 saturated heterocycles. The first-order valence-electron chi connectivity index (χ1n) is 6.27. The van der Waals surface area contributed by atoms with Crippen molar-refractivity contribution in [1.82, 2.24) is 10.2 Å². The van der Waals surface area contributed by atoms with Crippen LogP contribution in [0.5, 0.6) is 0 Å². The fourth-order valence-corrected chi connectivity index (χ4v) is 2.34. The third-order valence-corrected chi connectivity index (χ3v) is 3.47. The molecule has 1 fully saturated rings. The number of hydrogen-bond donors (Lipinski definition) is 1. The van der Waals surface area contributed by atoms with Crippen LogP contribution in [-0.2, 0) is 0 Å². The Hall–Kier alpha value is -1.00. The van der Waals surface area contributed by atoms with E-state index in [1.54, 1.807) is 12.3 Å². The third kappa shape index (κ3) is 3.75. The van der Waals surface area contributed by atoms with Gasteiger partial charge in [0.25, 0.3) is 5.91 Å². The number of halogens is 1. The van der Waals surface area contributed by atoms with E-state index in [1.165, 1.54) is 12.7 Å². The van der Waals surface area contributed by atoms with Crippen LogP contribution < -0.4 is 5.32 Å². The van der Waals surface area contributed by atoms with Gasteiger partial charge in [0.1, 0.15) is 6.26 Å². The number of furan rings is 1. The molecule has 0 saturated carbocycles. The molecule has 1 N–H and O–H groups in total. The summed E-state index contributed by atoms with van der Waals surface area (Å²) in [5.41, 5.74) is 0.665. The molecule has 18 heavy (non-hydrogen) atoms. The zero-order valence-electron chi connectivity index (χ0n) is 10.7. The van der Waals surface area contributed by atoms with Gasteiger partial charge in [0, 0.05) is 13.1 Å². The van der Waals surface area contributed by atoms with Crippen LogP contribution in [-0.4, -0.2) is 37.5 Å². The summed E-state index contributed by atoms with van der Waals surface area (Å²) >= 11 is 0. The topological polar surface area (TPSA) is 45.5 Å². The van der Waals surface area contributed by atoms with Gasteiger partial charge in [0.15, 0.2) is 0 Å². The molecular formula is C13H21ClN2O2. The van der Waals surface area contributed by atoms with E-state index in [0.29, 0.717) is 5.56 Å². The van der Waals surface area contributed by atoms with Crippen molar-refractivity contribution in [3.05, 3.63) is 24.2 Å². The molecule has 0 bridgehead atoms. The number of carbonyl (C=O) groups excluding carboxylic acids is 1. The van der Waals surface area contributed by atoms with Crippen molar-refractivity contribution in [3.63, 3.8) is 0 Å². The molecule has 0 aromatic carbocycles. The maximum absolute atomic E-state index is 12.0. The van der Waals surface area contributed by atoms with Crippen molar-refractivity contribution in [2.75, 3.05) is 26.7 Å². The third-order valence-electron chi connectivity index (χ3n) is 3.47. The van der Waals surface area contributed by atoms with Crippen molar-refractivity contribution in [2.45, 2.75) is 19.3 Å². The number of rotatable bonds is 4. The largest absolute Gasteiger partial charge is 0.472 e. The minimum Gasteiger partial charge on any atom is -0.472 e. The molecule has 0 atom stereocenters. The Kier molecular flexibility index (Phi) is 6.22. The average Bonchev–Trinajstić information content (AvgIpc) is 2.90. The van der Waals surface area contributed by atoms with Gasteiger partial charge < -0.3 is 14.6 Å². The van der Waals surface area contributed by atoms with Crippen molar-refractivity contribution >= 4 is 18.3 Å². The Bertz CT molecular complexity index is 346. The minimum atomic E-state index is 0. The first-order chi connectivity index (χ1) is 8.31. The summed E-state index contributed by atoms with van der Waals surface area (Å²) in [4.78, 5) is 14.0. The second-order valence-electron chi connectivity index (χ2n) is 4.64. The van der Waals surface area contributed by atoms with E-state index in [9.17, 15) is 4.79 Å². The van der Waals surface area contributed by atoms with E-state index >= 15 is 0 Å². The summed E-state index contributed by atoms with van der Waals surface area (Å²) in [6.45, 7) is 2.82. The lowest BCUT2D eigenvalue weighted by molar-refractivity contribution is 0.0686. The molecule has 102 valence electrons. The number of nitrogens with zero attached hydrogens (tertiary/aromatic N) is 1. The standard InChI is InChI=1S/C13H20N2O2.ClH/c1-14-6-2-11-3-7-15(8-4-11)13(16)12-5-9-17-10-12;/h5,9-11,14H,2-4,6-8H2,1H3;1H. The molecule has 1 aromatic heterocycles. The highest BCUT2D eigenvalue weighted by atomic mass is 35.5. The van der Waals surface area contributed by atoms with Crippen LogP contribution in [0.15, 0.2) is 23.0 Å². The maximum atomic E-state index is 12.0. The Morgan fingerprint density at radius 1 is 1.50 bits per heavy atom. The summed E-state index contributed by atoms with van der Waals surface area (Å²) < 4.78 is 4.94. The van der Waals surface area contributed by atoms with E-state index in [2.05, 4.69) is 5.32 Å². The molecule has 4 nitrogen and oxygen atoms in total. The van der Waals surface area contributed by atoms with Crippen LogP contribution in [0.2, 0.25) is 0 Å². The van der Waals surface area contributed by atoms with Gasteiger partial charge in [-0.05, 0) is 44.8 Å². The second kappa shape index (κ2) is 7.44. The Morgan fingerprint density at radius 3 is 2.78 bits per heavy atom. The number of piperidine rings is 1. The predicted molar refractivity (Wildman–Crippen MR) is 73.1 cm³/mol. The maximum Gasteiger partial charge on any atom is 0.257 e. The molecule has 2 rings (SSSR count). The lowest BCUT2D eigenvalue weighted by atomic mass is 9.93. The summed E-state index contributed by atoms with van der Waals surface area (Å²) in [5.74, 6) is 0.863. The van der Waals surface area contributed by atoms with Crippen LogP contribution >= 0.6 is 12.4 Å². The molecule has 1 aliphatic rings. The number of likely N-dealkylation sites (tertiary alicyclic amines) is 1. The molecule has 1 amide bonds. The van der Waals surface area contributed by atoms with E-state index in [-0.39, 0.29) is 18.3 Å². The van der Waals surface area contributed by atoms with Gasteiger partial charge in [-0.15, -0.1) is 12.4 Å². The number of carbonyl (C=O) groups is 1. The van der Waals surface area contributed by atoms with E-state index < -0.39 is 0 Å². The van der Waals surface area contributed by atoms with Crippen molar-refractivity contribution in [2.24, 2.45) is 5.92 Å². The average molecular weight is 273 g/mol. The smallest absolute Gasteiger partial charge is 0.257 e. The van der Waals surface area contributed by atoms with Gasteiger partial charge in [-0.2, -0.15) is 0 Å². The van der Waals surface area contributed by atoms with Crippen molar-refractivity contribution in [1.29, 1.82) is 0 Å². The lowest BCUT2D eigenvalue weighted by Crippen LogP contribution is -2.38. The molecule has 5 heteroatoms. The van der Waals surface area contributed by atoms with E-state index in [0.717, 1.165) is 38.4 Å². The Labute approximate surface area is 114 Å². The summed E-state index contributed by atoms with van der Waals surface area (Å²) in [6, 6.07) is 1.73. The molecule has 1 aromatic rings. The van der Waals surface area contributed by atoms with Gasteiger partial charge in [-0.25, -0.2) is 0 Å². The SMILES string of the molecule is CNCCC1CCN(C(=O)c2ccoc2)CC1.Cl.